The number of carboxylic acids is 1. The quantitative estimate of drug-likeness (QED) is 0.775. The van der Waals surface area contributed by atoms with Gasteiger partial charge in [-0.2, -0.15) is 0 Å². The number of urea groups is 1. The molecule has 2 atom stereocenters. The van der Waals surface area contributed by atoms with Crippen LogP contribution in [0.15, 0.2) is 24.3 Å². The fraction of sp³-hybridized carbons (Fsp3) is 0.467. The van der Waals surface area contributed by atoms with E-state index in [1.54, 1.807) is 0 Å². The first-order valence-electron chi connectivity index (χ1n) is 7.13. The molecule has 1 aliphatic rings. The first kappa shape index (κ1) is 15.2. The van der Waals surface area contributed by atoms with E-state index in [1.807, 2.05) is 31.2 Å². The van der Waals surface area contributed by atoms with Crippen molar-refractivity contribution < 1.29 is 19.4 Å². The lowest BCUT2D eigenvalue weighted by atomic mass is 10.0. The summed E-state index contributed by atoms with van der Waals surface area (Å²) in [6.45, 7) is 2.41. The molecule has 0 aromatic heterocycles. The van der Waals surface area contributed by atoms with E-state index >= 15 is 0 Å². The topological polar surface area (TPSA) is 87.7 Å². The van der Waals surface area contributed by atoms with E-state index in [0.29, 0.717) is 25.9 Å². The summed E-state index contributed by atoms with van der Waals surface area (Å²) in [6, 6.07) is 6.05. The second kappa shape index (κ2) is 6.97. The largest absolute Gasteiger partial charge is 0.493 e. The van der Waals surface area contributed by atoms with Gasteiger partial charge in [0, 0.05) is 12.0 Å². The second-order valence-corrected chi connectivity index (χ2v) is 5.02. The number of benzene rings is 1. The van der Waals surface area contributed by atoms with Gasteiger partial charge in [-0.25, -0.2) is 9.59 Å². The summed E-state index contributed by atoms with van der Waals surface area (Å²) in [5, 5.41) is 14.4. The molecule has 0 saturated carbocycles. The predicted molar refractivity (Wildman–Crippen MR) is 77.3 cm³/mol. The van der Waals surface area contributed by atoms with Crippen LogP contribution in [-0.2, 0) is 4.79 Å². The minimum absolute atomic E-state index is 0.161. The number of carbonyl (C=O) groups excluding carboxylic acids is 1. The maximum absolute atomic E-state index is 12.0. The van der Waals surface area contributed by atoms with Crippen LogP contribution in [-0.4, -0.2) is 29.8 Å². The zero-order valence-electron chi connectivity index (χ0n) is 12.0. The Morgan fingerprint density at radius 1 is 1.43 bits per heavy atom. The van der Waals surface area contributed by atoms with Crippen LogP contribution in [0.5, 0.6) is 5.75 Å². The summed E-state index contributed by atoms with van der Waals surface area (Å²) >= 11 is 0. The van der Waals surface area contributed by atoms with E-state index in [-0.39, 0.29) is 6.04 Å². The molecule has 21 heavy (non-hydrogen) atoms. The fourth-order valence-electron chi connectivity index (χ4n) is 2.40. The van der Waals surface area contributed by atoms with Gasteiger partial charge in [-0.3, -0.25) is 0 Å². The van der Waals surface area contributed by atoms with Gasteiger partial charge in [0.05, 0.1) is 12.6 Å². The number of hydrogen-bond donors (Lipinski definition) is 3. The lowest BCUT2D eigenvalue weighted by molar-refractivity contribution is -0.139. The average Bonchev–Trinajstić information content (AvgIpc) is 2.47. The van der Waals surface area contributed by atoms with Crippen LogP contribution in [0.3, 0.4) is 0 Å². The van der Waals surface area contributed by atoms with Crippen molar-refractivity contribution >= 4 is 12.0 Å². The van der Waals surface area contributed by atoms with Gasteiger partial charge in [0.15, 0.2) is 0 Å². The molecule has 1 aromatic carbocycles. The third-order valence-electron chi connectivity index (χ3n) is 3.44. The van der Waals surface area contributed by atoms with Gasteiger partial charge in [0.1, 0.15) is 11.8 Å². The molecule has 0 radical (unpaired) electrons. The summed E-state index contributed by atoms with van der Waals surface area (Å²) in [4.78, 5) is 23.0. The Morgan fingerprint density at radius 2 is 2.19 bits per heavy atom. The van der Waals surface area contributed by atoms with Crippen molar-refractivity contribution in [2.75, 3.05) is 6.61 Å². The first-order valence-corrected chi connectivity index (χ1v) is 7.13. The third kappa shape index (κ3) is 3.87. The molecule has 2 amide bonds. The molecule has 0 saturated heterocycles. The van der Waals surface area contributed by atoms with Crippen LogP contribution < -0.4 is 15.4 Å². The SMILES string of the molecule is CCC[C@@H](NC(=O)NC1CCOc2ccccc21)C(=O)O. The van der Waals surface area contributed by atoms with E-state index < -0.39 is 18.0 Å². The fourth-order valence-corrected chi connectivity index (χ4v) is 2.40. The predicted octanol–water partition coefficient (Wildman–Crippen LogP) is 2.06. The van der Waals surface area contributed by atoms with Gasteiger partial charge < -0.3 is 20.5 Å². The summed E-state index contributed by atoms with van der Waals surface area (Å²) in [7, 11) is 0. The molecule has 0 spiro atoms. The highest BCUT2D eigenvalue weighted by Crippen LogP contribution is 2.31. The Morgan fingerprint density at radius 3 is 2.90 bits per heavy atom. The number of carbonyl (C=O) groups is 2. The lowest BCUT2D eigenvalue weighted by Gasteiger charge is -2.27. The molecule has 6 heteroatoms. The highest BCUT2D eigenvalue weighted by molar-refractivity contribution is 5.82. The van der Waals surface area contributed by atoms with Gasteiger partial charge in [0.2, 0.25) is 0 Å². The molecular formula is C15H20N2O4. The zero-order valence-corrected chi connectivity index (χ0v) is 12.0. The van der Waals surface area contributed by atoms with Gasteiger partial charge in [-0.05, 0) is 12.5 Å². The van der Waals surface area contributed by atoms with Crippen molar-refractivity contribution in [3.63, 3.8) is 0 Å². The maximum Gasteiger partial charge on any atom is 0.326 e. The van der Waals surface area contributed by atoms with Crippen molar-refractivity contribution in [2.45, 2.75) is 38.3 Å². The number of ether oxygens (including phenoxy) is 1. The van der Waals surface area contributed by atoms with Gasteiger partial charge in [0.25, 0.3) is 0 Å². The number of fused-ring (bicyclic) bond motifs is 1. The van der Waals surface area contributed by atoms with Crippen LogP contribution in [0.25, 0.3) is 0 Å². The van der Waals surface area contributed by atoms with Crippen LogP contribution in [0, 0.1) is 0 Å². The molecule has 1 heterocycles. The molecule has 3 N–H and O–H groups in total. The molecule has 0 bridgehead atoms. The van der Waals surface area contributed by atoms with Crippen molar-refractivity contribution in [2.24, 2.45) is 0 Å². The second-order valence-electron chi connectivity index (χ2n) is 5.02. The Labute approximate surface area is 123 Å². The van der Waals surface area contributed by atoms with E-state index in [9.17, 15) is 9.59 Å². The molecule has 0 aliphatic carbocycles. The Hall–Kier alpha value is -2.24. The Kier molecular flexibility index (Phi) is 5.03. The standard InChI is InChI=1S/C15H20N2O4/c1-2-5-12(14(18)19)17-15(20)16-11-8-9-21-13-7-4-3-6-10(11)13/h3-4,6-7,11-12H,2,5,8-9H2,1H3,(H,18,19)(H2,16,17,20)/t11?,12-/m1/s1. The normalized spacial score (nSPS) is 18.0. The molecular weight excluding hydrogens is 272 g/mol. The van der Waals surface area contributed by atoms with Crippen LogP contribution >= 0.6 is 0 Å². The zero-order chi connectivity index (χ0) is 15.2. The van der Waals surface area contributed by atoms with Crippen molar-refractivity contribution in [3.8, 4) is 5.75 Å². The molecule has 6 nitrogen and oxygen atoms in total. The summed E-state index contributed by atoms with van der Waals surface area (Å²) in [5.41, 5.74) is 0.918. The highest BCUT2D eigenvalue weighted by atomic mass is 16.5. The lowest BCUT2D eigenvalue weighted by Crippen LogP contribution is -2.47. The van der Waals surface area contributed by atoms with Gasteiger partial charge in [-0.15, -0.1) is 0 Å². The Bertz CT molecular complexity index is 518. The van der Waals surface area contributed by atoms with Crippen molar-refractivity contribution in [1.82, 2.24) is 10.6 Å². The number of rotatable bonds is 5. The summed E-state index contributed by atoms with van der Waals surface area (Å²) in [6.07, 6.45) is 1.76. The number of aliphatic carboxylic acids is 1. The number of hydrogen-bond acceptors (Lipinski definition) is 3. The van der Waals surface area contributed by atoms with Crippen LogP contribution in [0.4, 0.5) is 4.79 Å². The van der Waals surface area contributed by atoms with Crippen LogP contribution in [0.1, 0.15) is 37.8 Å². The molecule has 1 aliphatic heterocycles. The molecule has 1 unspecified atom stereocenters. The van der Waals surface area contributed by atoms with Gasteiger partial charge in [-0.1, -0.05) is 31.5 Å². The number of nitrogens with one attached hydrogen (secondary N) is 2. The third-order valence-corrected chi connectivity index (χ3v) is 3.44. The highest BCUT2D eigenvalue weighted by Gasteiger charge is 2.24. The van der Waals surface area contributed by atoms with E-state index in [2.05, 4.69) is 10.6 Å². The number of carboxylic acid groups (broad SMARTS) is 1. The molecule has 0 fully saturated rings. The monoisotopic (exact) mass is 292 g/mol. The first-order chi connectivity index (χ1) is 10.1. The number of amides is 2. The minimum Gasteiger partial charge on any atom is -0.493 e. The van der Waals surface area contributed by atoms with E-state index in [1.165, 1.54) is 0 Å². The molecule has 1 aromatic rings. The maximum atomic E-state index is 12.0. The van der Waals surface area contributed by atoms with Crippen molar-refractivity contribution in [3.05, 3.63) is 29.8 Å². The molecule has 114 valence electrons. The van der Waals surface area contributed by atoms with Crippen LogP contribution in [0.2, 0.25) is 0 Å². The summed E-state index contributed by atoms with van der Waals surface area (Å²) < 4.78 is 5.53. The Balaban J connectivity index is 1.99. The summed E-state index contributed by atoms with van der Waals surface area (Å²) in [5.74, 6) is -0.253. The van der Waals surface area contributed by atoms with Crippen molar-refractivity contribution in [1.29, 1.82) is 0 Å². The smallest absolute Gasteiger partial charge is 0.326 e. The average molecular weight is 292 g/mol. The van der Waals surface area contributed by atoms with E-state index in [0.717, 1.165) is 11.3 Å². The molecule has 2 rings (SSSR count). The minimum atomic E-state index is -1.01. The van der Waals surface area contributed by atoms with E-state index in [4.69, 9.17) is 9.84 Å². The number of para-hydroxylation sites is 1. The van der Waals surface area contributed by atoms with Gasteiger partial charge >= 0.3 is 12.0 Å².